The van der Waals surface area contributed by atoms with E-state index >= 15 is 0 Å². The maximum absolute atomic E-state index is 12.0. The van der Waals surface area contributed by atoms with Crippen molar-refractivity contribution in [2.24, 2.45) is 5.41 Å². The number of amides is 2. The van der Waals surface area contributed by atoms with Crippen LogP contribution in [0.25, 0.3) is 0 Å². The van der Waals surface area contributed by atoms with Gasteiger partial charge in [-0.1, -0.05) is 25.5 Å². The maximum Gasteiger partial charge on any atom is 0.235 e. The van der Waals surface area contributed by atoms with Crippen molar-refractivity contribution in [1.82, 2.24) is 10.2 Å². The van der Waals surface area contributed by atoms with E-state index in [4.69, 9.17) is 0 Å². The Kier molecular flexibility index (Phi) is 3.33. The van der Waals surface area contributed by atoms with Crippen LogP contribution >= 0.6 is 0 Å². The molecule has 0 saturated carbocycles. The molecule has 1 fully saturated rings. The summed E-state index contributed by atoms with van der Waals surface area (Å²) in [6.07, 6.45) is 4.38. The smallest absolute Gasteiger partial charge is 0.235 e. The summed E-state index contributed by atoms with van der Waals surface area (Å²) in [6.45, 7) is 6.14. The number of nitrogens with one attached hydrogen (secondary N) is 1. The second-order valence-electron chi connectivity index (χ2n) is 5.48. The van der Waals surface area contributed by atoms with Crippen molar-refractivity contribution in [1.29, 1.82) is 0 Å². The van der Waals surface area contributed by atoms with Crippen LogP contribution in [-0.4, -0.2) is 36.3 Å². The first-order valence-corrected chi connectivity index (χ1v) is 6.24. The van der Waals surface area contributed by atoms with Crippen LogP contribution in [0.15, 0.2) is 11.6 Å². The van der Waals surface area contributed by atoms with Gasteiger partial charge < -0.3 is 5.32 Å². The molecule has 2 aliphatic rings. The third-order valence-electron chi connectivity index (χ3n) is 3.53. The fraction of sp³-hybridized carbons (Fsp3) is 0.692. The highest BCUT2D eigenvalue weighted by atomic mass is 16.2. The summed E-state index contributed by atoms with van der Waals surface area (Å²) in [6, 6.07) is 0. The van der Waals surface area contributed by atoms with Gasteiger partial charge in [0.2, 0.25) is 11.8 Å². The first kappa shape index (κ1) is 12.3. The van der Waals surface area contributed by atoms with Gasteiger partial charge in [-0.2, -0.15) is 0 Å². The van der Waals surface area contributed by atoms with E-state index in [1.54, 1.807) is 0 Å². The van der Waals surface area contributed by atoms with Crippen LogP contribution in [0, 0.1) is 5.41 Å². The Labute approximate surface area is 102 Å². The van der Waals surface area contributed by atoms with E-state index in [0.717, 1.165) is 25.9 Å². The summed E-state index contributed by atoms with van der Waals surface area (Å²) in [5.41, 5.74) is 0.855. The molecule has 17 heavy (non-hydrogen) atoms. The van der Waals surface area contributed by atoms with E-state index in [2.05, 4.69) is 11.4 Å². The van der Waals surface area contributed by atoms with Gasteiger partial charge in [0.05, 0.1) is 5.41 Å². The second kappa shape index (κ2) is 4.61. The van der Waals surface area contributed by atoms with Gasteiger partial charge in [-0.25, -0.2) is 0 Å². The van der Waals surface area contributed by atoms with Gasteiger partial charge in [-0.15, -0.1) is 0 Å². The molecule has 1 saturated heterocycles. The monoisotopic (exact) mass is 236 g/mol. The van der Waals surface area contributed by atoms with Crippen LogP contribution in [0.3, 0.4) is 0 Å². The summed E-state index contributed by atoms with van der Waals surface area (Å²) in [5, 5.41) is 3.25. The van der Waals surface area contributed by atoms with Gasteiger partial charge in [0.1, 0.15) is 0 Å². The molecule has 0 atom stereocenters. The minimum absolute atomic E-state index is 0.0166. The molecule has 2 heterocycles. The number of nitrogens with zero attached hydrogens (tertiary/aromatic N) is 1. The van der Waals surface area contributed by atoms with Crippen molar-refractivity contribution < 1.29 is 9.59 Å². The van der Waals surface area contributed by atoms with Crippen molar-refractivity contribution in [2.75, 3.05) is 19.6 Å². The molecule has 94 valence electrons. The third kappa shape index (κ3) is 2.57. The molecule has 0 radical (unpaired) electrons. The zero-order chi connectivity index (χ0) is 12.5. The number of carbonyl (C=O) groups excluding carboxylic acids is 2. The Hall–Kier alpha value is -1.16. The van der Waals surface area contributed by atoms with Crippen molar-refractivity contribution in [3.63, 3.8) is 0 Å². The number of hydrogen-bond donors (Lipinski definition) is 1. The topological polar surface area (TPSA) is 49.4 Å². The molecular weight excluding hydrogens is 216 g/mol. The fourth-order valence-electron chi connectivity index (χ4n) is 2.41. The van der Waals surface area contributed by atoms with Crippen LogP contribution < -0.4 is 5.32 Å². The van der Waals surface area contributed by atoms with Gasteiger partial charge in [0.25, 0.3) is 0 Å². The summed E-state index contributed by atoms with van der Waals surface area (Å²) in [4.78, 5) is 25.2. The van der Waals surface area contributed by atoms with Gasteiger partial charge in [0, 0.05) is 19.5 Å². The molecule has 4 nitrogen and oxygen atoms in total. The van der Waals surface area contributed by atoms with Crippen LogP contribution in [0.2, 0.25) is 0 Å². The Morgan fingerprint density at radius 2 is 2.18 bits per heavy atom. The normalized spacial score (nSPS) is 24.1. The lowest BCUT2D eigenvalue weighted by molar-refractivity contribution is -0.140. The first-order chi connectivity index (χ1) is 8.00. The fourth-order valence-corrected chi connectivity index (χ4v) is 2.41. The molecule has 1 N–H and O–H groups in total. The number of carbonyl (C=O) groups is 2. The summed E-state index contributed by atoms with van der Waals surface area (Å²) >= 11 is 0. The molecule has 0 aromatic rings. The molecular formula is C13H20N2O2. The highest BCUT2D eigenvalue weighted by Gasteiger charge is 2.44. The molecule has 0 aliphatic carbocycles. The van der Waals surface area contributed by atoms with E-state index in [-0.39, 0.29) is 11.8 Å². The van der Waals surface area contributed by atoms with E-state index in [1.807, 2.05) is 13.8 Å². The average molecular weight is 236 g/mol. The molecule has 0 unspecified atom stereocenters. The standard InChI is InChI=1S/C13H20N2O2/c1-13(2)9-11(16)15(12(13)17)8-5-10-3-6-14-7-4-10/h3,14H,4-9H2,1-2H3. The predicted molar refractivity (Wildman–Crippen MR) is 65.3 cm³/mol. The van der Waals surface area contributed by atoms with Crippen LogP contribution in [-0.2, 0) is 9.59 Å². The third-order valence-corrected chi connectivity index (χ3v) is 3.53. The number of hydrogen-bond acceptors (Lipinski definition) is 3. The number of likely N-dealkylation sites (tertiary alicyclic amines) is 1. The molecule has 0 bridgehead atoms. The molecule has 0 aromatic carbocycles. The largest absolute Gasteiger partial charge is 0.313 e. The van der Waals surface area contributed by atoms with Crippen LogP contribution in [0.4, 0.5) is 0 Å². The molecule has 4 heteroatoms. The lowest BCUT2D eigenvalue weighted by atomic mass is 9.92. The Morgan fingerprint density at radius 1 is 1.41 bits per heavy atom. The van der Waals surface area contributed by atoms with E-state index < -0.39 is 5.41 Å². The first-order valence-electron chi connectivity index (χ1n) is 6.24. The average Bonchev–Trinajstić information content (AvgIpc) is 2.48. The lowest BCUT2D eigenvalue weighted by Gasteiger charge is -2.20. The van der Waals surface area contributed by atoms with Gasteiger partial charge in [-0.3, -0.25) is 14.5 Å². The predicted octanol–water partition coefficient (Wildman–Crippen LogP) is 1.08. The highest BCUT2D eigenvalue weighted by molar-refractivity contribution is 6.05. The highest BCUT2D eigenvalue weighted by Crippen LogP contribution is 2.31. The van der Waals surface area contributed by atoms with Gasteiger partial charge in [0.15, 0.2) is 0 Å². The number of rotatable bonds is 3. The van der Waals surface area contributed by atoms with Crippen molar-refractivity contribution in [2.45, 2.75) is 33.1 Å². The zero-order valence-electron chi connectivity index (χ0n) is 10.6. The lowest BCUT2D eigenvalue weighted by Crippen LogP contribution is -2.34. The summed E-state index contributed by atoms with van der Waals surface area (Å²) < 4.78 is 0. The Balaban J connectivity index is 1.93. The van der Waals surface area contributed by atoms with Gasteiger partial charge >= 0.3 is 0 Å². The van der Waals surface area contributed by atoms with Crippen LogP contribution in [0.1, 0.15) is 33.1 Å². The van der Waals surface area contributed by atoms with E-state index in [1.165, 1.54) is 10.5 Å². The zero-order valence-corrected chi connectivity index (χ0v) is 10.6. The molecule has 0 spiro atoms. The van der Waals surface area contributed by atoms with Crippen molar-refractivity contribution in [3.8, 4) is 0 Å². The minimum Gasteiger partial charge on any atom is -0.313 e. The molecule has 2 rings (SSSR count). The second-order valence-corrected chi connectivity index (χ2v) is 5.48. The molecule has 2 aliphatic heterocycles. The quantitative estimate of drug-likeness (QED) is 0.589. The Bertz CT molecular complexity index is 372. The van der Waals surface area contributed by atoms with Crippen molar-refractivity contribution >= 4 is 11.8 Å². The molecule has 2 amide bonds. The van der Waals surface area contributed by atoms with Gasteiger partial charge in [-0.05, 0) is 19.4 Å². The minimum atomic E-state index is -0.500. The molecule has 0 aromatic heterocycles. The maximum atomic E-state index is 12.0. The summed E-state index contributed by atoms with van der Waals surface area (Å²) in [7, 11) is 0. The van der Waals surface area contributed by atoms with E-state index in [0.29, 0.717) is 13.0 Å². The summed E-state index contributed by atoms with van der Waals surface area (Å²) in [5.74, 6) is -0.0356. The van der Waals surface area contributed by atoms with Crippen molar-refractivity contribution in [3.05, 3.63) is 11.6 Å². The Morgan fingerprint density at radius 3 is 2.71 bits per heavy atom. The van der Waals surface area contributed by atoms with Crippen LogP contribution in [0.5, 0.6) is 0 Å². The SMILES string of the molecule is CC1(C)CC(=O)N(CCC2=CCNCC2)C1=O. The number of imide groups is 1. The van der Waals surface area contributed by atoms with E-state index in [9.17, 15) is 9.59 Å².